The van der Waals surface area contributed by atoms with Gasteiger partial charge < -0.3 is 13.9 Å². The van der Waals surface area contributed by atoms with Crippen molar-refractivity contribution in [3.8, 4) is 11.5 Å². The number of rotatable bonds is 7. The first-order chi connectivity index (χ1) is 14.0. The molecule has 0 fully saturated rings. The summed E-state index contributed by atoms with van der Waals surface area (Å²) in [6.45, 7) is -0.264. The molecule has 1 aromatic heterocycles. The van der Waals surface area contributed by atoms with Gasteiger partial charge in [-0.15, -0.1) is 0 Å². The van der Waals surface area contributed by atoms with E-state index in [0.717, 1.165) is 0 Å². The van der Waals surface area contributed by atoms with Gasteiger partial charge in [0.2, 0.25) is 5.76 Å². The van der Waals surface area contributed by atoms with Crippen LogP contribution in [0.1, 0.15) is 16.1 Å². The third kappa shape index (κ3) is 6.10. The molecule has 0 aliphatic carbocycles. The molecule has 0 bridgehead atoms. The van der Waals surface area contributed by atoms with E-state index in [-0.39, 0.29) is 12.4 Å². The zero-order valence-corrected chi connectivity index (χ0v) is 16.3. The molecular formula is C20H14Cl2N2O5. The summed E-state index contributed by atoms with van der Waals surface area (Å²) in [7, 11) is 0. The second-order valence-electron chi connectivity index (χ2n) is 5.59. The molecule has 9 heteroatoms. The predicted octanol–water partition coefficient (Wildman–Crippen LogP) is 4.33. The largest absolute Gasteiger partial charge is 0.482 e. The Morgan fingerprint density at radius 2 is 1.90 bits per heavy atom. The van der Waals surface area contributed by atoms with E-state index in [1.165, 1.54) is 24.6 Å². The maximum atomic E-state index is 11.8. The fraction of sp³-hybridized carbons (Fsp3) is 0.0500. The lowest BCUT2D eigenvalue weighted by molar-refractivity contribution is -0.123. The number of carbonyl (C=O) groups is 2. The fourth-order valence-electron chi connectivity index (χ4n) is 2.12. The van der Waals surface area contributed by atoms with E-state index in [2.05, 4.69) is 10.5 Å². The smallest absolute Gasteiger partial charge is 0.379 e. The molecule has 0 saturated carbocycles. The van der Waals surface area contributed by atoms with Crippen molar-refractivity contribution in [2.24, 2.45) is 5.10 Å². The van der Waals surface area contributed by atoms with Crippen LogP contribution in [0.3, 0.4) is 0 Å². The van der Waals surface area contributed by atoms with Crippen molar-refractivity contribution in [3.63, 3.8) is 0 Å². The SMILES string of the molecule is O=C(COc1ccc(Cl)cc1Cl)N/N=C/c1ccc(OC(=O)c2ccco2)cc1. The standard InChI is InChI=1S/C20H14Cl2N2O5/c21-14-5-8-17(16(22)10-14)28-12-19(25)24-23-11-13-3-6-15(7-4-13)29-20(26)18-2-1-9-27-18/h1-11H,12H2,(H,24,25)/b23-11+. The van der Waals surface area contributed by atoms with Gasteiger partial charge in [0.15, 0.2) is 6.61 Å². The highest BCUT2D eigenvalue weighted by molar-refractivity contribution is 6.35. The molecule has 2 aromatic carbocycles. The van der Waals surface area contributed by atoms with Gasteiger partial charge in [0.25, 0.3) is 5.91 Å². The highest BCUT2D eigenvalue weighted by atomic mass is 35.5. The number of nitrogens with one attached hydrogen (secondary N) is 1. The minimum atomic E-state index is -0.593. The number of hydrazone groups is 1. The van der Waals surface area contributed by atoms with Crippen molar-refractivity contribution < 1.29 is 23.5 Å². The average molecular weight is 433 g/mol. The van der Waals surface area contributed by atoms with E-state index < -0.39 is 11.9 Å². The molecule has 0 atom stereocenters. The molecule has 29 heavy (non-hydrogen) atoms. The topological polar surface area (TPSA) is 90.1 Å². The summed E-state index contributed by atoms with van der Waals surface area (Å²) in [5.41, 5.74) is 3.02. The van der Waals surface area contributed by atoms with E-state index in [9.17, 15) is 9.59 Å². The Hall–Kier alpha value is -3.29. The Morgan fingerprint density at radius 1 is 1.10 bits per heavy atom. The number of benzene rings is 2. The molecule has 1 heterocycles. The first-order valence-corrected chi connectivity index (χ1v) is 9.02. The van der Waals surface area contributed by atoms with Gasteiger partial charge in [0.1, 0.15) is 11.5 Å². The van der Waals surface area contributed by atoms with Crippen LogP contribution >= 0.6 is 23.2 Å². The van der Waals surface area contributed by atoms with Gasteiger partial charge in [-0.05, 0) is 60.2 Å². The van der Waals surface area contributed by atoms with Crippen molar-refractivity contribution in [2.45, 2.75) is 0 Å². The van der Waals surface area contributed by atoms with Gasteiger partial charge in [-0.2, -0.15) is 5.10 Å². The number of hydrogen-bond donors (Lipinski definition) is 1. The van der Waals surface area contributed by atoms with E-state index in [4.69, 9.17) is 37.1 Å². The minimum Gasteiger partial charge on any atom is -0.482 e. The van der Waals surface area contributed by atoms with Crippen molar-refractivity contribution in [3.05, 3.63) is 82.2 Å². The Kier molecular flexibility index (Phi) is 6.89. The highest BCUT2D eigenvalue weighted by Crippen LogP contribution is 2.27. The Balaban J connectivity index is 1.46. The lowest BCUT2D eigenvalue weighted by Gasteiger charge is -2.07. The maximum absolute atomic E-state index is 11.8. The average Bonchev–Trinajstić information content (AvgIpc) is 3.24. The summed E-state index contributed by atoms with van der Waals surface area (Å²) in [5, 5.41) is 4.62. The summed E-state index contributed by atoms with van der Waals surface area (Å²) in [5.74, 6) is -0.253. The first-order valence-electron chi connectivity index (χ1n) is 8.27. The number of carbonyl (C=O) groups excluding carboxylic acids is 2. The van der Waals surface area contributed by atoms with Gasteiger partial charge in [-0.3, -0.25) is 4.79 Å². The second-order valence-corrected chi connectivity index (χ2v) is 6.44. The first kappa shape index (κ1) is 20.4. The fourth-order valence-corrected chi connectivity index (χ4v) is 2.58. The summed E-state index contributed by atoms with van der Waals surface area (Å²) in [6.07, 6.45) is 2.82. The molecule has 1 amide bonds. The van der Waals surface area contributed by atoms with Crippen LogP contribution in [0.15, 0.2) is 70.4 Å². The Bertz CT molecular complexity index is 1020. The van der Waals surface area contributed by atoms with Crippen molar-refractivity contribution in [2.75, 3.05) is 6.61 Å². The number of esters is 1. The molecule has 1 N–H and O–H groups in total. The van der Waals surface area contributed by atoms with Crippen molar-refractivity contribution in [1.29, 1.82) is 0 Å². The lowest BCUT2D eigenvalue weighted by atomic mass is 10.2. The van der Waals surface area contributed by atoms with Crippen LogP contribution in [0, 0.1) is 0 Å². The minimum absolute atomic E-state index is 0.112. The van der Waals surface area contributed by atoms with Gasteiger partial charge in [-0.25, -0.2) is 10.2 Å². The molecule has 0 radical (unpaired) electrons. The molecule has 0 unspecified atom stereocenters. The monoisotopic (exact) mass is 432 g/mol. The second kappa shape index (κ2) is 9.77. The summed E-state index contributed by atoms with van der Waals surface area (Å²) >= 11 is 11.8. The molecule has 0 aliphatic heterocycles. The van der Waals surface area contributed by atoms with Crippen LogP contribution in [0.5, 0.6) is 11.5 Å². The van der Waals surface area contributed by atoms with Gasteiger partial charge in [-0.1, -0.05) is 23.2 Å². The molecule has 7 nitrogen and oxygen atoms in total. The summed E-state index contributed by atoms with van der Waals surface area (Å²) in [6, 6.07) is 14.3. The van der Waals surface area contributed by atoms with Crippen molar-refractivity contribution >= 4 is 41.3 Å². The maximum Gasteiger partial charge on any atom is 0.379 e. The van der Waals surface area contributed by atoms with Crippen LogP contribution in [0.2, 0.25) is 10.0 Å². The quantitative estimate of drug-likeness (QED) is 0.259. The molecular weight excluding hydrogens is 419 g/mol. The number of halogens is 2. The number of hydrogen-bond acceptors (Lipinski definition) is 6. The molecule has 3 aromatic rings. The number of furan rings is 1. The van der Waals surface area contributed by atoms with E-state index in [1.54, 1.807) is 42.5 Å². The van der Waals surface area contributed by atoms with E-state index >= 15 is 0 Å². The van der Waals surface area contributed by atoms with Gasteiger partial charge in [0.05, 0.1) is 17.5 Å². The van der Waals surface area contributed by atoms with Crippen molar-refractivity contribution in [1.82, 2.24) is 5.43 Å². The number of nitrogens with zero attached hydrogens (tertiary/aromatic N) is 1. The van der Waals surface area contributed by atoms with Crippen LogP contribution < -0.4 is 14.9 Å². The zero-order chi connectivity index (χ0) is 20.6. The third-order valence-electron chi connectivity index (χ3n) is 3.47. The van der Waals surface area contributed by atoms with Crippen LogP contribution in [-0.2, 0) is 4.79 Å². The molecule has 0 aliphatic rings. The van der Waals surface area contributed by atoms with Crippen LogP contribution in [0.4, 0.5) is 0 Å². The number of ether oxygens (including phenoxy) is 2. The van der Waals surface area contributed by atoms with Gasteiger partial charge in [0, 0.05) is 5.02 Å². The normalized spacial score (nSPS) is 10.7. The zero-order valence-electron chi connectivity index (χ0n) is 14.8. The third-order valence-corrected chi connectivity index (χ3v) is 4.00. The van der Waals surface area contributed by atoms with E-state index in [0.29, 0.717) is 27.1 Å². The molecule has 0 spiro atoms. The molecule has 3 rings (SSSR count). The van der Waals surface area contributed by atoms with Crippen LogP contribution in [0.25, 0.3) is 0 Å². The summed E-state index contributed by atoms with van der Waals surface area (Å²) in [4.78, 5) is 23.6. The highest BCUT2D eigenvalue weighted by Gasteiger charge is 2.11. The Morgan fingerprint density at radius 3 is 2.59 bits per heavy atom. The van der Waals surface area contributed by atoms with E-state index in [1.807, 2.05) is 0 Å². The Labute approximate surface area is 175 Å². The summed E-state index contributed by atoms with van der Waals surface area (Å²) < 4.78 is 15.4. The predicted molar refractivity (Wildman–Crippen MR) is 108 cm³/mol. The lowest BCUT2D eigenvalue weighted by Crippen LogP contribution is -2.24. The molecule has 0 saturated heterocycles. The van der Waals surface area contributed by atoms with Crippen LogP contribution in [-0.4, -0.2) is 24.7 Å². The van der Waals surface area contributed by atoms with Gasteiger partial charge >= 0.3 is 5.97 Å². The molecule has 148 valence electrons. The number of amides is 1.